The van der Waals surface area contributed by atoms with Gasteiger partial charge < -0.3 is 5.32 Å². The van der Waals surface area contributed by atoms with E-state index in [1.54, 1.807) is 0 Å². The van der Waals surface area contributed by atoms with E-state index in [0.717, 1.165) is 19.5 Å². The molecule has 1 aromatic rings. The molecule has 19 heavy (non-hydrogen) atoms. The van der Waals surface area contributed by atoms with Crippen LogP contribution in [0.1, 0.15) is 37.5 Å². The third-order valence-corrected chi connectivity index (χ3v) is 3.80. The summed E-state index contributed by atoms with van der Waals surface area (Å²) < 4.78 is 0. The number of rotatable bonds is 7. The van der Waals surface area contributed by atoms with Crippen LogP contribution in [-0.4, -0.2) is 13.1 Å². The summed E-state index contributed by atoms with van der Waals surface area (Å²) in [5, 5.41) is 3.56. The fourth-order valence-electron chi connectivity index (χ4n) is 2.38. The molecule has 0 saturated carbocycles. The van der Waals surface area contributed by atoms with E-state index >= 15 is 0 Å². The quantitative estimate of drug-likeness (QED) is 0.721. The third-order valence-electron chi connectivity index (χ3n) is 3.80. The Morgan fingerprint density at radius 1 is 1.26 bits per heavy atom. The van der Waals surface area contributed by atoms with Crippen molar-refractivity contribution in [3.8, 4) is 0 Å². The van der Waals surface area contributed by atoms with Gasteiger partial charge in [0.25, 0.3) is 0 Å². The molecular formula is C18H29N. The van der Waals surface area contributed by atoms with Gasteiger partial charge in [0.15, 0.2) is 0 Å². The molecule has 0 radical (unpaired) electrons. The molecule has 0 aliphatic rings. The first-order valence-electron chi connectivity index (χ1n) is 7.27. The number of hydrogen-bond donors (Lipinski definition) is 1. The molecule has 1 heteroatoms. The highest BCUT2D eigenvalue weighted by Crippen LogP contribution is 2.27. The van der Waals surface area contributed by atoms with Crippen molar-refractivity contribution in [1.82, 2.24) is 5.32 Å². The van der Waals surface area contributed by atoms with E-state index in [4.69, 9.17) is 0 Å². The number of nitrogens with one attached hydrogen (secondary N) is 1. The van der Waals surface area contributed by atoms with Crippen LogP contribution in [0.4, 0.5) is 0 Å². The fourth-order valence-corrected chi connectivity index (χ4v) is 2.38. The molecule has 1 rings (SSSR count). The lowest BCUT2D eigenvalue weighted by atomic mass is 9.81. The van der Waals surface area contributed by atoms with Gasteiger partial charge in [-0.05, 0) is 49.4 Å². The van der Waals surface area contributed by atoms with Gasteiger partial charge in [0.1, 0.15) is 0 Å². The summed E-state index contributed by atoms with van der Waals surface area (Å²) in [6, 6.07) is 6.54. The highest BCUT2D eigenvalue weighted by Gasteiger charge is 2.22. The van der Waals surface area contributed by atoms with Gasteiger partial charge >= 0.3 is 0 Å². The zero-order valence-electron chi connectivity index (χ0n) is 13.2. The summed E-state index contributed by atoms with van der Waals surface area (Å²) in [5.41, 5.74) is 4.36. The fraction of sp³-hybridized carbons (Fsp3) is 0.556. The predicted molar refractivity (Wildman–Crippen MR) is 85.6 cm³/mol. The Hall–Kier alpha value is -1.08. The van der Waals surface area contributed by atoms with Crippen LogP contribution >= 0.6 is 0 Å². The molecule has 106 valence electrons. The molecule has 0 saturated heterocycles. The number of aryl methyl sites for hydroxylation is 2. The van der Waals surface area contributed by atoms with Gasteiger partial charge in [-0.3, -0.25) is 0 Å². The molecule has 0 fully saturated rings. The second-order valence-electron chi connectivity index (χ2n) is 6.43. The van der Waals surface area contributed by atoms with Crippen molar-refractivity contribution in [3.63, 3.8) is 0 Å². The lowest BCUT2D eigenvalue weighted by Gasteiger charge is -2.28. The van der Waals surface area contributed by atoms with Gasteiger partial charge in [-0.25, -0.2) is 0 Å². The molecule has 0 bridgehead atoms. The smallest absolute Gasteiger partial charge is 0.00431 e. The predicted octanol–water partition coefficient (Wildman–Crippen LogP) is 4.28. The van der Waals surface area contributed by atoms with Crippen molar-refractivity contribution in [2.75, 3.05) is 13.1 Å². The van der Waals surface area contributed by atoms with Crippen LogP contribution in [-0.2, 0) is 6.42 Å². The van der Waals surface area contributed by atoms with Crippen molar-refractivity contribution in [2.24, 2.45) is 11.3 Å². The maximum absolute atomic E-state index is 4.05. The van der Waals surface area contributed by atoms with E-state index in [2.05, 4.69) is 70.8 Å². The Morgan fingerprint density at radius 3 is 2.32 bits per heavy atom. The SMILES string of the molecule is C=CC(C)(CNCC(C)C)Cc1c(C)cccc1C. The van der Waals surface area contributed by atoms with E-state index < -0.39 is 0 Å². The Kier molecular flexibility index (Phi) is 5.81. The Labute approximate surface area is 119 Å². The zero-order valence-corrected chi connectivity index (χ0v) is 13.2. The summed E-state index contributed by atoms with van der Waals surface area (Å²) in [7, 11) is 0. The second-order valence-corrected chi connectivity index (χ2v) is 6.43. The molecule has 0 aliphatic carbocycles. The standard InChI is InChI=1S/C18H29N/c1-7-18(6,13-19-12-14(2)3)11-17-15(4)9-8-10-16(17)5/h7-10,14,19H,1,11-13H2,2-6H3. The Bertz CT molecular complexity index is 399. The van der Waals surface area contributed by atoms with E-state index in [0.29, 0.717) is 5.92 Å². The van der Waals surface area contributed by atoms with Crippen LogP contribution in [0.15, 0.2) is 30.9 Å². The van der Waals surface area contributed by atoms with Crippen LogP contribution in [0.25, 0.3) is 0 Å². The van der Waals surface area contributed by atoms with Crippen molar-refractivity contribution in [2.45, 2.75) is 41.0 Å². The normalized spacial score (nSPS) is 14.4. The Morgan fingerprint density at radius 2 is 1.84 bits per heavy atom. The molecule has 0 aromatic heterocycles. The lowest BCUT2D eigenvalue weighted by molar-refractivity contribution is 0.377. The van der Waals surface area contributed by atoms with Crippen LogP contribution < -0.4 is 5.32 Å². The maximum atomic E-state index is 4.05. The monoisotopic (exact) mass is 259 g/mol. The third kappa shape index (κ3) is 4.83. The summed E-state index contributed by atoms with van der Waals surface area (Å²) in [6.45, 7) is 17.3. The van der Waals surface area contributed by atoms with Crippen LogP contribution in [0, 0.1) is 25.2 Å². The molecule has 1 nitrogen and oxygen atoms in total. The molecule has 0 aliphatic heterocycles. The summed E-state index contributed by atoms with van der Waals surface area (Å²) in [4.78, 5) is 0. The molecule has 0 amide bonds. The first kappa shape index (κ1) is 16.0. The summed E-state index contributed by atoms with van der Waals surface area (Å²) >= 11 is 0. The first-order chi connectivity index (χ1) is 8.88. The van der Waals surface area contributed by atoms with Crippen molar-refractivity contribution in [3.05, 3.63) is 47.5 Å². The zero-order chi connectivity index (χ0) is 14.5. The lowest BCUT2D eigenvalue weighted by Crippen LogP contribution is -2.34. The Balaban J connectivity index is 2.77. The van der Waals surface area contributed by atoms with Crippen LogP contribution in [0.5, 0.6) is 0 Å². The molecule has 1 aromatic carbocycles. The first-order valence-corrected chi connectivity index (χ1v) is 7.27. The summed E-state index contributed by atoms with van der Waals surface area (Å²) in [5.74, 6) is 0.689. The molecule has 1 unspecified atom stereocenters. The van der Waals surface area contributed by atoms with Crippen molar-refractivity contribution < 1.29 is 0 Å². The van der Waals surface area contributed by atoms with E-state index in [1.165, 1.54) is 16.7 Å². The van der Waals surface area contributed by atoms with Crippen molar-refractivity contribution >= 4 is 0 Å². The minimum absolute atomic E-state index is 0.117. The van der Waals surface area contributed by atoms with Crippen LogP contribution in [0.2, 0.25) is 0 Å². The highest BCUT2D eigenvalue weighted by atomic mass is 14.9. The largest absolute Gasteiger partial charge is 0.316 e. The van der Waals surface area contributed by atoms with Gasteiger partial charge in [0.2, 0.25) is 0 Å². The van der Waals surface area contributed by atoms with Crippen LogP contribution in [0.3, 0.4) is 0 Å². The minimum Gasteiger partial charge on any atom is -0.316 e. The minimum atomic E-state index is 0.117. The van der Waals surface area contributed by atoms with Crippen molar-refractivity contribution in [1.29, 1.82) is 0 Å². The number of benzene rings is 1. The van der Waals surface area contributed by atoms with E-state index in [-0.39, 0.29) is 5.41 Å². The van der Waals surface area contributed by atoms with Gasteiger partial charge in [-0.1, -0.05) is 45.0 Å². The molecule has 0 spiro atoms. The number of hydrogen-bond acceptors (Lipinski definition) is 1. The highest BCUT2D eigenvalue weighted by molar-refractivity contribution is 5.35. The molecule has 1 N–H and O–H groups in total. The maximum Gasteiger partial charge on any atom is 0.00431 e. The van der Waals surface area contributed by atoms with Gasteiger partial charge in [0, 0.05) is 12.0 Å². The molecular weight excluding hydrogens is 230 g/mol. The average Bonchev–Trinajstić information content (AvgIpc) is 2.34. The summed E-state index contributed by atoms with van der Waals surface area (Å²) in [6.07, 6.45) is 3.16. The van der Waals surface area contributed by atoms with E-state index in [9.17, 15) is 0 Å². The second kappa shape index (κ2) is 6.91. The molecule has 0 heterocycles. The van der Waals surface area contributed by atoms with Gasteiger partial charge in [-0.15, -0.1) is 6.58 Å². The average molecular weight is 259 g/mol. The van der Waals surface area contributed by atoms with Gasteiger partial charge in [-0.2, -0.15) is 0 Å². The van der Waals surface area contributed by atoms with E-state index in [1.807, 2.05) is 0 Å². The molecule has 1 atom stereocenters. The van der Waals surface area contributed by atoms with Gasteiger partial charge in [0.05, 0.1) is 0 Å². The topological polar surface area (TPSA) is 12.0 Å².